The number of benzene rings is 1. The largest absolute Gasteiger partial charge is 0.274 e. The van der Waals surface area contributed by atoms with Crippen LogP contribution in [0.1, 0.15) is 31.7 Å². The Morgan fingerprint density at radius 1 is 1.06 bits per heavy atom. The lowest BCUT2D eigenvalue weighted by Gasteiger charge is -2.18. The fourth-order valence-electron chi connectivity index (χ4n) is 4.55. The lowest BCUT2D eigenvalue weighted by Crippen LogP contribution is -2.32. The van der Waals surface area contributed by atoms with E-state index in [1.807, 2.05) is 37.3 Å². The van der Waals surface area contributed by atoms with Crippen LogP contribution >= 0.6 is 0 Å². The van der Waals surface area contributed by atoms with Crippen molar-refractivity contribution in [3.8, 4) is 22.5 Å². The number of hydrogen-bond donors (Lipinski definition) is 0. The molecule has 4 aromatic rings. The lowest BCUT2D eigenvalue weighted by atomic mass is 9.96. The number of imide groups is 1. The van der Waals surface area contributed by atoms with Crippen molar-refractivity contribution < 1.29 is 9.59 Å². The summed E-state index contributed by atoms with van der Waals surface area (Å²) in [7, 11) is 0. The van der Waals surface area contributed by atoms with Gasteiger partial charge in [-0.15, -0.1) is 0 Å². The molecule has 1 aromatic carbocycles. The third-order valence-corrected chi connectivity index (χ3v) is 5.86. The molecule has 5 rings (SSSR count). The number of carbonyl (C=O) groups is 2. The summed E-state index contributed by atoms with van der Waals surface area (Å²) < 4.78 is 2.09. The number of hydrogen-bond acceptors (Lipinski definition) is 5. The van der Waals surface area contributed by atoms with Gasteiger partial charge < -0.3 is 0 Å². The number of nitrogens with zero attached hydrogens (tertiary/aromatic N) is 5. The molecule has 32 heavy (non-hydrogen) atoms. The van der Waals surface area contributed by atoms with Gasteiger partial charge in [-0.1, -0.05) is 12.1 Å². The normalized spacial score (nSPS) is 12.7. The van der Waals surface area contributed by atoms with Crippen molar-refractivity contribution in [2.75, 3.05) is 4.90 Å². The molecule has 0 saturated carbocycles. The van der Waals surface area contributed by atoms with Crippen molar-refractivity contribution >= 4 is 28.4 Å². The van der Waals surface area contributed by atoms with Crippen LogP contribution in [0.3, 0.4) is 0 Å². The standard InChI is InChI=1S/C25H23N5O2/c1-15-6-4-7-21(27-15)25-24(23-8-5-13-29(23)28-25)20-11-12-26-22-14-18(9-10-19(20)22)30(16(2)31)17(3)32/h4,6-7,9-12,14H,5,8,13H2,1-3H3. The van der Waals surface area contributed by atoms with Gasteiger partial charge in [0.2, 0.25) is 11.8 Å². The molecule has 0 atom stereocenters. The Hall–Kier alpha value is -3.87. The van der Waals surface area contributed by atoms with Gasteiger partial charge in [-0.2, -0.15) is 5.10 Å². The Bertz CT molecular complexity index is 1370. The van der Waals surface area contributed by atoms with Gasteiger partial charge in [-0.05, 0) is 55.7 Å². The van der Waals surface area contributed by atoms with E-state index in [0.29, 0.717) is 11.2 Å². The summed E-state index contributed by atoms with van der Waals surface area (Å²) in [5.41, 5.74) is 7.21. The SMILES string of the molecule is CC(=O)N(C(C)=O)c1ccc2c(-c3c(-c4cccc(C)n4)nn4c3CCC4)ccnc2c1. The highest BCUT2D eigenvalue weighted by Crippen LogP contribution is 2.40. The molecule has 0 aliphatic carbocycles. The zero-order valence-electron chi connectivity index (χ0n) is 18.3. The Kier molecular flexibility index (Phi) is 4.81. The molecule has 4 heterocycles. The van der Waals surface area contributed by atoms with E-state index in [1.54, 1.807) is 18.3 Å². The second-order valence-corrected chi connectivity index (χ2v) is 8.09. The Labute approximate surface area is 185 Å². The van der Waals surface area contributed by atoms with Gasteiger partial charge in [-0.25, -0.2) is 0 Å². The van der Waals surface area contributed by atoms with E-state index < -0.39 is 0 Å². The molecule has 3 aromatic heterocycles. The number of rotatable bonds is 3. The van der Waals surface area contributed by atoms with Crippen LogP contribution in [0.4, 0.5) is 5.69 Å². The van der Waals surface area contributed by atoms with E-state index >= 15 is 0 Å². The van der Waals surface area contributed by atoms with Gasteiger partial charge in [0.25, 0.3) is 0 Å². The van der Waals surface area contributed by atoms with E-state index in [-0.39, 0.29) is 11.8 Å². The first-order chi connectivity index (χ1) is 15.4. The van der Waals surface area contributed by atoms with Gasteiger partial charge in [0, 0.05) is 48.9 Å². The molecule has 1 aliphatic rings. The van der Waals surface area contributed by atoms with E-state index in [9.17, 15) is 9.59 Å². The van der Waals surface area contributed by atoms with Crippen LogP contribution in [0.15, 0.2) is 48.7 Å². The molecule has 0 saturated heterocycles. The number of anilines is 1. The summed E-state index contributed by atoms with van der Waals surface area (Å²) in [6.45, 7) is 5.64. The average Bonchev–Trinajstić information content (AvgIpc) is 3.34. The molecule has 0 bridgehead atoms. The van der Waals surface area contributed by atoms with Crippen molar-refractivity contribution in [1.82, 2.24) is 19.7 Å². The molecule has 2 amide bonds. The fraction of sp³-hybridized carbons (Fsp3) is 0.240. The summed E-state index contributed by atoms with van der Waals surface area (Å²) in [5, 5.41) is 5.86. The van der Waals surface area contributed by atoms with Crippen molar-refractivity contribution in [2.24, 2.45) is 0 Å². The summed E-state index contributed by atoms with van der Waals surface area (Å²) in [5.74, 6) is -0.648. The van der Waals surface area contributed by atoms with Crippen LogP contribution in [0.2, 0.25) is 0 Å². The molecule has 160 valence electrons. The summed E-state index contributed by atoms with van der Waals surface area (Å²) in [6, 6.07) is 13.5. The van der Waals surface area contributed by atoms with Crippen LogP contribution in [-0.2, 0) is 22.6 Å². The van der Waals surface area contributed by atoms with E-state index in [2.05, 4.69) is 9.67 Å². The van der Waals surface area contributed by atoms with Crippen molar-refractivity contribution in [2.45, 2.75) is 40.2 Å². The lowest BCUT2D eigenvalue weighted by molar-refractivity contribution is -0.124. The molecule has 0 unspecified atom stereocenters. The first kappa shape index (κ1) is 20.1. The van der Waals surface area contributed by atoms with Crippen molar-refractivity contribution in [1.29, 1.82) is 0 Å². The van der Waals surface area contributed by atoms with Crippen molar-refractivity contribution in [3.05, 3.63) is 60.0 Å². The first-order valence-corrected chi connectivity index (χ1v) is 10.7. The molecule has 0 radical (unpaired) electrons. The monoisotopic (exact) mass is 425 g/mol. The zero-order chi connectivity index (χ0) is 22.4. The summed E-state index contributed by atoms with van der Waals surface area (Å²) >= 11 is 0. The van der Waals surface area contributed by atoms with Crippen molar-refractivity contribution in [3.63, 3.8) is 0 Å². The third kappa shape index (κ3) is 3.26. The highest BCUT2D eigenvalue weighted by molar-refractivity contribution is 6.14. The zero-order valence-corrected chi connectivity index (χ0v) is 18.3. The van der Waals surface area contributed by atoms with Crippen LogP contribution in [0.25, 0.3) is 33.4 Å². The molecular formula is C25H23N5O2. The fourth-order valence-corrected chi connectivity index (χ4v) is 4.55. The third-order valence-electron chi connectivity index (χ3n) is 5.86. The van der Waals surface area contributed by atoms with E-state index in [0.717, 1.165) is 57.9 Å². The van der Waals surface area contributed by atoms with Gasteiger partial charge in [0.15, 0.2) is 0 Å². The molecule has 0 N–H and O–H groups in total. The second-order valence-electron chi connectivity index (χ2n) is 8.09. The topological polar surface area (TPSA) is 81.0 Å². The minimum atomic E-state index is -0.324. The predicted molar refractivity (Wildman–Crippen MR) is 123 cm³/mol. The Morgan fingerprint density at radius 2 is 1.88 bits per heavy atom. The maximum atomic E-state index is 12.0. The van der Waals surface area contributed by atoms with Crippen LogP contribution < -0.4 is 4.90 Å². The number of aryl methyl sites for hydroxylation is 2. The van der Waals surface area contributed by atoms with Gasteiger partial charge in [-0.3, -0.25) is 29.1 Å². The van der Waals surface area contributed by atoms with E-state index in [1.165, 1.54) is 19.5 Å². The van der Waals surface area contributed by atoms with E-state index in [4.69, 9.17) is 10.1 Å². The Balaban J connectivity index is 1.72. The number of aromatic nitrogens is 4. The highest BCUT2D eigenvalue weighted by Gasteiger charge is 2.26. The van der Waals surface area contributed by atoms with Gasteiger partial charge in [0.1, 0.15) is 5.69 Å². The Morgan fingerprint density at radius 3 is 2.62 bits per heavy atom. The molecule has 0 spiro atoms. The van der Waals surface area contributed by atoms with Crippen LogP contribution in [0, 0.1) is 6.92 Å². The summed E-state index contributed by atoms with van der Waals surface area (Å²) in [6.07, 6.45) is 3.79. The second kappa shape index (κ2) is 7.67. The number of fused-ring (bicyclic) bond motifs is 2. The van der Waals surface area contributed by atoms with Crippen LogP contribution in [0.5, 0.6) is 0 Å². The highest BCUT2D eigenvalue weighted by atomic mass is 16.2. The number of pyridine rings is 2. The van der Waals surface area contributed by atoms with Crippen LogP contribution in [-0.4, -0.2) is 31.6 Å². The first-order valence-electron chi connectivity index (χ1n) is 10.7. The minimum absolute atomic E-state index is 0.324. The molecular weight excluding hydrogens is 402 g/mol. The summed E-state index contributed by atoms with van der Waals surface area (Å²) in [4.78, 5) is 34.4. The molecule has 7 heteroatoms. The predicted octanol–water partition coefficient (Wildman–Crippen LogP) is 4.31. The maximum absolute atomic E-state index is 12.0. The number of amides is 2. The maximum Gasteiger partial charge on any atom is 0.230 e. The quantitative estimate of drug-likeness (QED) is 0.488. The number of carbonyl (C=O) groups excluding carboxylic acids is 2. The molecule has 1 aliphatic heterocycles. The molecule has 0 fully saturated rings. The smallest absolute Gasteiger partial charge is 0.230 e. The van der Waals surface area contributed by atoms with Gasteiger partial charge in [0.05, 0.1) is 16.9 Å². The van der Waals surface area contributed by atoms with Gasteiger partial charge >= 0.3 is 0 Å². The minimum Gasteiger partial charge on any atom is -0.274 e. The average molecular weight is 425 g/mol. The molecule has 7 nitrogen and oxygen atoms in total.